The Morgan fingerprint density at radius 3 is 2.33 bits per heavy atom. The van der Waals surface area contributed by atoms with Gasteiger partial charge in [-0.15, -0.1) is 0 Å². The van der Waals surface area contributed by atoms with Gasteiger partial charge in [-0.05, 0) is 56.1 Å². The fraction of sp³-hybridized carbons (Fsp3) is 0.680. The summed E-state index contributed by atoms with van der Waals surface area (Å²) < 4.78 is 0. The molecule has 2 amide bonds. The molecule has 5 heteroatoms. The van der Waals surface area contributed by atoms with Crippen molar-refractivity contribution in [2.45, 2.75) is 88.8 Å². The van der Waals surface area contributed by atoms with Crippen LogP contribution >= 0.6 is 0 Å². The molecular formula is C25H36N4O. The lowest BCUT2D eigenvalue weighted by atomic mass is 9.84. The van der Waals surface area contributed by atoms with E-state index in [4.69, 9.17) is 4.99 Å². The zero-order chi connectivity index (χ0) is 20.4. The number of carbonyl (C=O) groups excluding carboxylic acids is 1. The van der Waals surface area contributed by atoms with Crippen molar-refractivity contribution in [3.63, 3.8) is 0 Å². The molecule has 5 heterocycles. The first-order valence-electron chi connectivity index (χ1n) is 12.2. The van der Waals surface area contributed by atoms with Gasteiger partial charge in [0.1, 0.15) is 11.4 Å². The Balaban J connectivity index is 1.41. The Morgan fingerprint density at radius 2 is 1.57 bits per heavy atom. The maximum Gasteiger partial charge on any atom is 0.323 e. The highest BCUT2D eigenvalue weighted by Gasteiger charge is 2.52. The predicted octanol–water partition coefficient (Wildman–Crippen LogP) is 4.50. The average Bonchev–Trinajstić information content (AvgIpc) is 3.01. The van der Waals surface area contributed by atoms with Crippen molar-refractivity contribution >= 4 is 11.9 Å². The Kier molecular flexibility index (Phi) is 5.81. The Bertz CT molecular complexity index is 773. The van der Waals surface area contributed by atoms with Crippen LogP contribution in [-0.4, -0.2) is 52.9 Å². The first kappa shape index (κ1) is 20.0. The maximum atomic E-state index is 13.0. The van der Waals surface area contributed by atoms with Crippen LogP contribution in [0, 0.1) is 0 Å². The number of hydrogen-bond acceptors (Lipinski definition) is 3. The van der Waals surface area contributed by atoms with Gasteiger partial charge in [0.15, 0.2) is 0 Å². The molecule has 1 spiro atoms. The normalized spacial score (nSPS) is 32.0. The number of fused-ring (bicyclic) bond motifs is 2. The van der Waals surface area contributed by atoms with Crippen LogP contribution in [0.15, 0.2) is 29.3 Å². The van der Waals surface area contributed by atoms with E-state index in [9.17, 15) is 4.79 Å². The number of amidine groups is 1. The molecule has 0 atom stereocenters. The minimum Gasteiger partial charge on any atom is -0.312 e. The van der Waals surface area contributed by atoms with Crippen molar-refractivity contribution in [1.29, 1.82) is 0 Å². The number of amides is 2. The second kappa shape index (κ2) is 8.70. The molecule has 1 N–H and O–H groups in total. The van der Waals surface area contributed by atoms with Crippen LogP contribution in [-0.2, 0) is 13.0 Å². The smallest absolute Gasteiger partial charge is 0.312 e. The van der Waals surface area contributed by atoms with Crippen LogP contribution in [0.2, 0.25) is 0 Å². The number of nitrogens with one attached hydrogen (secondary N) is 1. The summed E-state index contributed by atoms with van der Waals surface area (Å²) >= 11 is 0. The van der Waals surface area contributed by atoms with E-state index in [0.29, 0.717) is 6.04 Å². The van der Waals surface area contributed by atoms with Gasteiger partial charge in [-0.3, -0.25) is 15.2 Å². The van der Waals surface area contributed by atoms with Gasteiger partial charge < -0.3 is 4.90 Å². The summed E-state index contributed by atoms with van der Waals surface area (Å²) in [5.74, 6) is 0.993. The predicted molar refractivity (Wildman–Crippen MR) is 121 cm³/mol. The van der Waals surface area contributed by atoms with E-state index in [0.717, 1.165) is 57.7 Å². The summed E-state index contributed by atoms with van der Waals surface area (Å²) in [5, 5.41) is 3.24. The molecule has 6 aliphatic rings. The second-order valence-electron chi connectivity index (χ2n) is 9.79. The third-order valence-corrected chi connectivity index (χ3v) is 7.77. The van der Waals surface area contributed by atoms with E-state index < -0.39 is 0 Å². The summed E-state index contributed by atoms with van der Waals surface area (Å²) in [6, 6.07) is 9.72. The van der Waals surface area contributed by atoms with Crippen molar-refractivity contribution < 1.29 is 4.79 Å². The average molecular weight is 409 g/mol. The standard InChI is InChI=1S/C25H36N4O/c30-24-27-23(26-22-8-4-1-5-9-22)25-14-17-28(18-15-25)19-21-12-10-20(11-13-21)7-3-2-6-16-29(24)25/h10-13,22H,1-9,14-19H2,(H,26,27,30). The number of nitrogens with zero attached hydrogens (tertiary/aromatic N) is 3. The molecular weight excluding hydrogens is 372 g/mol. The highest BCUT2D eigenvalue weighted by atomic mass is 16.2. The molecule has 5 nitrogen and oxygen atoms in total. The van der Waals surface area contributed by atoms with Crippen molar-refractivity contribution in [2.24, 2.45) is 4.99 Å². The summed E-state index contributed by atoms with van der Waals surface area (Å²) in [4.78, 5) is 22.9. The number of hydrogen-bond donors (Lipinski definition) is 1. The molecule has 4 bridgehead atoms. The number of urea groups is 1. The number of benzene rings is 1. The zero-order valence-electron chi connectivity index (χ0n) is 18.2. The van der Waals surface area contributed by atoms with Crippen LogP contribution in [0.1, 0.15) is 75.3 Å². The third-order valence-electron chi connectivity index (χ3n) is 7.77. The number of aryl methyl sites for hydroxylation is 1. The van der Waals surface area contributed by atoms with Gasteiger partial charge in [0, 0.05) is 26.2 Å². The molecule has 1 aromatic rings. The molecule has 30 heavy (non-hydrogen) atoms. The first-order valence-corrected chi connectivity index (χ1v) is 12.2. The highest BCUT2D eigenvalue weighted by Crippen LogP contribution is 2.36. The summed E-state index contributed by atoms with van der Waals surface area (Å²) in [7, 11) is 0. The highest BCUT2D eigenvalue weighted by molar-refractivity contribution is 6.10. The monoisotopic (exact) mass is 408 g/mol. The van der Waals surface area contributed by atoms with Crippen molar-refractivity contribution in [3.05, 3.63) is 35.4 Å². The number of piperidine rings is 1. The third kappa shape index (κ3) is 4.01. The van der Waals surface area contributed by atoms with Crippen LogP contribution < -0.4 is 5.32 Å². The van der Waals surface area contributed by atoms with Gasteiger partial charge in [-0.1, -0.05) is 49.9 Å². The summed E-state index contributed by atoms with van der Waals surface area (Å²) in [5.41, 5.74) is 2.64. The van der Waals surface area contributed by atoms with Crippen molar-refractivity contribution in [2.75, 3.05) is 19.6 Å². The molecule has 1 saturated carbocycles. The first-order chi connectivity index (χ1) is 14.7. The number of aliphatic imine (C=N–C) groups is 1. The van der Waals surface area contributed by atoms with Crippen LogP contribution in [0.3, 0.4) is 0 Å². The van der Waals surface area contributed by atoms with Gasteiger partial charge >= 0.3 is 6.03 Å². The molecule has 5 aliphatic heterocycles. The minimum atomic E-state index is -0.200. The van der Waals surface area contributed by atoms with Gasteiger partial charge in [-0.2, -0.15) is 0 Å². The molecule has 162 valence electrons. The Labute approximate surface area is 180 Å². The molecule has 0 unspecified atom stereocenters. The number of rotatable bonds is 1. The minimum absolute atomic E-state index is 0.0921. The fourth-order valence-corrected chi connectivity index (χ4v) is 5.90. The largest absolute Gasteiger partial charge is 0.323 e. The van der Waals surface area contributed by atoms with Gasteiger partial charge in [0.2, 0.25) is 0 Å². The van der Waals surface area contributed by atoms with Gasteiger partial charge in [-0.25, -0.2) is 4.79 Å². The van der Waals surface area contributed by atoms with Crippen LogP contribution in [0.25, 0.3) is 0 Å². The van der Waals surface area contributed by atoms with Crippen LogP contribution in [0.4, 0.5) is 4.79 Å². The Hall–Kier alpha value is -1.88. The lowest BCUT2D eigenvalue weighted by Gasteiger charge is -2.44. The van der Waals surface area contributed by atoms with E-state index in [-0.39, 0.29) is 11.6 Å². The quantitative estimate of drug-likeness (QED) is 0.743. The lowest BCUT2D eigenvalue weighted by molar-refractivity contribution is 0.0984. The fourth-order valence-electron chi connectivity index (χ4n) is 5.90. The van der Waals surface area contributed by atoms with E-state index in [2.05, 4.69) is 39.4 Å². The van der Waals surface area contributed by atoms with E-state index in [1.165, 1.54) is 56.1 Å². The topological polar surface area (TPSA) is 47.9 Å². The van der Waals surface area contributed by atoms with Crippen molar-refractivity contribution in [3.8, 4) is 0 Å². The number of carbonyl (C=O) groups is 1. The second-order valence-corrected chi connectivity index (χ2v) is 9.79. The SMILES string of the molecule is O=C1NC(=NC2CCCCC2)C23CCN(CC2)Cc2ccc(cc2)CCCCCN13. The zero-order valence-corrected chi connectivity index (χ0v) is 18.2. The molecule has 0 radical (unpaired) electrons. The Morgan fingerprint density at radius 1 is 0.867 bits per heavy atom. The molecule has 0 aromatic heterocycles. The van der Waals surface area contributed by atoms with Crippen LogP contribution in [0.5, 0.6) is 0 Å². The molecule has 3 fully saturated rings. The summed E-state index contributed by atoms with van der Waals surface area (Å²) in [6.45, 7) is 3.91. The maximum absolute atomic E-state index is 13.0. The summed E-state index contributed by atoms with van der Waals surface area (Å²) in [6.07, 6.45) is 12.8. The lowest BCUT2D eigenvalue weighted by Crippen LogP contribution is -2.56. The van der Waals surface area contributed by atoms with E-state index in [1.807, 2.05) is 0 Å². The molecule has 1 aromatic carbocycles. The van der Waals surface area contributed by atoms with Gasteiger partial charge in [0.25, 0.3) is 0 Å². The van der Waals surface area contributed by atoms with E-state index in [1.54, 1.807) is 0 Å². The van der Waals surface area contributed by atoms with Gasteiger partial charge in [0.05, 0.1) is 6.04 Å². The van der Waals surface area contributed by atoms with Crippen molar-refractivity contribution in [1.82, 2.24) is 15.1 Å². The van der Waals surface area contributed by atoms with E-state index >= 15 is 0 Å². The molecule has 7 rings (SSSR count). The molecule has 1 aliphatic carbocycles. The molecule has 2 saturated heterocycles.